The number of imidazole rings is 1. The van der Waals surface area contributed by atoms with E-state index in [1.165, 1.54) is 5.56 Å². The van der Waals surface area contributed by atoms with Crippen LogP contribution in [-0.4, -0.2) is 41.5 Å². The Labute approximate surface area is 168 Å². The summed E-state index contributed by atoms with van der Waals surface area (Å²) in [6.45, 7) is 6.00. The molecule has 0 aliphatic carbocycles. The summed E-state index contributed by atoms with van der Waals surface area (Å²) in [7, 11) is 0. The quantitative estimate of drug-likeness (QED) is 0.543. The number of carbonyl (C=O) groups excluding carboxylic acids is 1. The van der Waals surface area contributed by atoms with Crippen molar-refractivity contribution in [3.8, 4) is 11.3 Å². The number of fused-ring (bicyclic) bond motifs is 2. The maximum absolute atomic E-state index is 13.2. The molecule has 0 atom stereocenters. The van der Waals surface area contributed by atoms with Crippen molar-refractivity contribution in [3.63, 3.8) is 0 Å². The molecule has 3 aromatic heterocycles. The molecular formula is C22H22N6O. The summed E-state index contributed by atoms with van der Waals surface area (Å²) in [5.74, 6) is 0.910. The van der Waals surface area contributed by atoms with Gasteiger partial charge < -0.3 is 13.9 Å². The van der Waals surface area contributed by atoms with Gasteiger partial charge in [0.2, 0.25) is 5.91 Å². The molecule has 1 amide bonds. The van der Waals surface area contributed by atoms with Crippen molar-refractivity contribution in [1.82, 2.24) is 29.0 Å². The van der Waals surface area contributed by atoms with Crippen molar-refractivity contribution in [2.24, 2.45) is 0 Å². The molecule has 0 unspecified atom stereocenters. The van der Waals surface area contributed by atoms with Crippen LogP contribution in [0.15, 0.2) is 48.9 Å². The van der Waals surface area contributed by atoms with Crippen LogP contribution in [0.3, 0.4) is 0 Å². The average molecular weight is 386 g/mol. The second-order valence-electron chi connectivity index (χ2n) is 7.64. The number of nitrogens with zero attached hydrogens (tertiary/aromatic N) is 6. The third-order valence-electron chi connectivity index (χ3n) is 5.50. The van der Waals surface area contributed by atoms with Gasteiger partial charge in [0, 0.05) is 24.8 Å². The Morgan fingerprint density at radius 2 is 1.83 bits per heavy atom. The molecule has 5 rings (SSSR count). The SMILES string of the molecule is Cc1ccc(-c2nc3ccc(C)cn3c2CC(=O)N2CCn3cnnc3C2)cc1. The largest absolute Gasteiger partial charge is 0.333 e. The van der Waals surface area contributed by atoms with Gasteiger partial charge in [0.1, 0.15) is 12.0 Å². The second kappa shape index (κ2) is 6.84. The molecule has 7 heteroatoms. The van der Waals surface area contributed by atoms with E-state index < -0.39 is 0 Å². The molecular weight excluding hydrogens is 364 g/mol. The minimum Gasteiger partial charge on any atom is -0.333 e. The molecule has 1 aliphatic rings. The summed E-state index contributed by atoms with van der Waals surface area (Å²) < 4.78 is 4.05. The van der Waals surface area contributed by atoms with Gasteiger partial charge in [0.15, 0.2) is 5.82 Å². The molecule has 0 radical (unpaired) electrons. The highest BCUT2D eigenvalue weighted by molar-refractivity contribution is 5.81. The molecule has 4 aromatic rings. The first-order chi connectivity index (χ1) is 14.1. The number of hydrogen-bond donors (Lipinski definition) is 0. The minimum absolute atomic E-state index is 0.0796. The van der Waals surface area contributed by atoms with E-state index in [4.69, 9.17) is 4.98 Å². The van der Waals surface area contributed by atoms with Crippen molar-refractivity contribution in [3.05, 3.63) is 71.6 Å². The zero-order chi connectivity index (χ0) is 20.0. The lowest BCUT2D eigenvalue weighted by Crippen LogP contribution is -2.39. The fourth-order valence-electron chi connectivity index (χ4n) is 3.85. The first-order valence-corrected chi connectivity index (χ1v) is 9.77. The Morgan fingerprint density at radius 3 is 2.66 bits per heavy atom. The summed E-state index contributed by atoms with van der Waals surface area (Å²) >= 11 is 0. The van der Waals surface area contributed by atoms with Crippen LogP contribution in [0, 0.1) is 13.8 Å². The Kier molecular flexibility index (Phi) is 4.16. The van der Waals surface area contributed by atoms with Crippen LogP contribution in [0.5, 0.6) is 0 Å². The molecule has 0 fully saturated rings. The molecule has 7 nitrogen and oxygen atoms in total. The summed E-state index contributed by atoms with van der Waals surface area (Å²) in [5.41, 5.74) is 5.99. The second-order valence-corrected chi connectivity index (χ2v) is 7.64. The van der Waals surface area contributed by atoms with Crippen LogP contribution in [0.25, 0.3) is 16.9 Å². The van der Waals surface area contributed by atoms with E-state index in [0.717, 1.165) is 40.5 Å². The molecule has 0 N–H and O–H groups in total. The van der Waals surface area contributed by atoms with Crippen molar-refractivity contribution in [2.45, 2.75) is 33.4 Å². The van der Waals surface area contributed by atoms with Gasteiger partial charge in [-0.2, -0.15) is 0 Å². The fraction of sp³-hybridized carbons (Fsp3) is 0.273. The summed E-state index contributed by atoms with van der Waals surface area (Å²) in [5, 5.41) is 8.07. The van der Waals surface area contributed by atoms with Crippen LogP contribution in [-0.2, 0) is 24.3 Å². The van der Waals surface area contributed by atoms with Gasteiger partial charge in [0.25, 0.3) is 0 Å². The van der Waals surface area contributed by atoms with Gasteiger partial charge in [-0.1, -0.05) is 35.9 Å². The normalized spacial score (nSPS) is 13.7. The van der Waals surface area contributed by atoms with Crippen LogP contribution in [0.2, 0.25) is 0 Å². The molecule has 0 bridgehead atoms. The van der Waals surface area contributed by atoms with Crippen LogP contribution in [0.1, 0.15) is 22.6 Å². The smallest absolute Gasteiger partial charge is 0.229 e. The Balaban J connectivity index is 1.53. The molecule has 29 heavy (non-hydrogen) atoms. The average Bonchev–Trinajstić information content (AvgIpc) is 3.33. The number of benzene rings is 1. The van der Waals surface area contributed by atoms with E-state index in [2.05, 4.69) is 52.0 Å². The zero-order valence-electron chi connectivity index (χ0n) is 16.5. The summed E-state index contributed by atoms with van der Waals surface area (Å²) in [6, 6.07) is 12.3. The van der Waals surface area contributed by atoms with Crippen molar-refractivity contribution < 1.29 is 4.79 Å². The summed E-state index contributed by atoms with van der Waals surface area (Å²) in [6.07, 6.45) is 4.07. The Bertz CT molecular complexity index is 1200. The molecule has 4 heterocycles. The highest BCUT2D eigenvalue weighted by atomic mass is 16.2. The fourth-order valence-corrected chi connectivity index (χ4v) is 3.85. The van der Waals surface area contributed by atoms with Gasteiger partial charge in [-0.25, -0.2) is 4.98 Å². The number of aryl methyl sites for hydroxylation is 2. The molecule has 0 spiro atoms. The monoisotopic (exact) mass is 386 g/mol. The van der Waals surface area contributed by atoms with Crippen molar-refractivity contribution >= 4 is 11.6 Å². The van der Waals surface area contributed by atoms with Crippen LogP contribution in [0.4, 0.5) is 0 Å². The third kappa shape index (κ3) is 3.18. The maximum atomic E-state index is 13.2. The lowest BCUT2D eigenvalue weighted by atomic mass is 10.1. The van der Waals surface area contributed by atoms with E-state index in [-0.39, 0.29) is 5.91 Å². The minimum atomic E-state index is 0.0796. The molecule has 1 aliphatic heterocycles. The van der Waals surface area contributed by atoms with E-state index in [0.29, 0.717) is 19.5 Å². The first-order valence-electron chi connectivity index (χ1n) is 9.77. The third-order valence-corrected chi connectivity index (χ3v) is 5.50. The van der Waals surface area contributed by atoms with Crippen molar-refractivity contribution in [2.75, 3.05) is 6.54 Å². The number of aromatic nitrogens is 5. The highest BCUT2D eigenvalue weighted by Gasteiger charge is 2.25. The number of amides is 1. The van der Waals surface area contributed by atoms with Crippen LogP contribution < -0.4 is 0 Å². The van der Waals surface area contributed by atoms with E-state index in [1.54, 1.807) is 6.33 Å². The van der Waals surface area contributed by atoms with Crippen LogP contribution >= 0.6 is 0 Å². The molecule has 0 saturated carbocycles. The predicted octanol–water partition coefficient (Wildman–Crippen LogP) is 2.79. The number of carbonyl (C=O) groups is 1. The number of hydrogen-bond acceptors (Lipinski definition) is 4. The number of rotatable bonds is 3. The summed E-state index contributed by atoms with van der Waals surface area (Å²) in [4.78, 5) is 19.9. The van der Waals surface area contributed by atoms with E-state index >= 15 is 0 Å². The Morgan fingerprint density at radius 1 is 1.03 bits per heavy atom. The van der Waals surface area contributed by atoms with E-state index in [1.807, 2.05) is 28.5 Å². The van der Waals surface area contributed by atoms with Crippen molar-refractivity contribution in [1.29, 1.82) is 0 Å². The molecule has 146 valence electrons. The van der Waals surface area contributed by atoms with Gasteiger partial charge in [-0.3, -0.25) is 4.79 Å². The zero-order valence-corrected chi connectivity index (χ0v) is 16.5. The highest BCUT2D eigenvalue weighted by Crippen LogP contribution is 2.26. The molecule has 1 aromatic carbocycles. The van der Waals surface area contributed by atoms with Gasteiger partial charge >= 0.3 is 0 Å². The standard InChI is InChI=1S/C22H22N6O/c1-15-3-6-17(7-4-15)22-18(28-12-16(2)5-8-19(28)24-22)11-21(29)26-9-10-27-14-23-25-20(27)13-26/h3-8,12,14H,9-11,13H2,1-2H3. The lowest BCUT2D eigenvalue weighted by Gasteiger charge is -2.27. The molecule has 0 saturated heterocycles. The lowest BCUT2D eigenvalue weighted by molar-refractivity contribution is -0.132. The maximum Gasteiger partial charge on any atom is 0.229 e. The van der Waals surface area contributed by atoms with Gasteiger partial charge in [-0.05, 0) is 25.5 Å². The first kappa shape index (κ1) is 17.6. The van der Waals surface area contributed by atoms with Gasteiger partial charge in [-0.15, -0.1) is 10.2 Å². The van der Waals surface area contributed by atoms with Gasteiger partial charge in [0.05, 0.1) is 24.4 Å². The number of pyridine rings is 1. The van der Waals surface area contributed by atoms with E-state index in [9.17, 15) is 4.79 Å². The topological polar surface area (TPSA) is 68.3 Å². The Hall–Kier alpha value is -3.48. The predicted molar refractivity (Wildman–Crippen MR) is 109 cm³/mol.